The number of rotatable bonds is 2. The van der Waals surface area contributed by atoms with E-state index in [-0.39, 0.29) is 0 Å². The third-order valence-corrected chi connectivity index (χ3v) is 4.09. The molecule has 17 heavy (non-hydrogen) atoms. The van der Waals surface area contributed by atoms with Crippen LogP contribution >= 0.6 is 0 Å². The molecule has 1 heterocycles. The van der Waals surface area contributed by atoms with Gasteiger partial charge in [-0.15, -0.1) is 0 Å². The molecule has 2 nitrogen and oxygen atoms in total. The molecule has 0 radical (unpaired) electrons. The zero-order valence-corrected chi connectivity index (χ0v) is 11.5. The van der Waals surface area contributed by atoms with Gasteiger partial charge in [-0.1, -0.05) is 6.07 Å². The van der Waals surface area contributed by atoms with Gasteiger partial charge in [-0.25, -0.2) is 0 Å². The number of hydrogen-bond donors (Lipinski definition) is 1. The molecule has 2 atom stereocenters. The van der Waals surface area contributed by atoms with Gasteiger partial charge in [0.15, 0.2) is 0 Å². The minimum atomic E-state index is 0.628. The van der Waals surface area contributed by atoms with Crippen LogP contribution in [0.1, 0.15) is 30.9 Å². The van der Waals surface area contributed by atoms with Crippen LogP contribution in [0.15, 0.2) is 18.2 Å². The molecule has 1 fully saturated rings. The van der Waals surface area contributed by atoms with E-state index in [4.69, 9.17) is 0 Å². The van der Waals surface area contributed by atoms with Gasteiger partial charge in [0.25, 0.3) is 0 Å². The molecule has 1 aromatic rings. The van der Waals surface area contributed by atoms with Crippen LogP contribution in [0.2, 0.25) is 0 Å². The van der Waals surface area contributed by atoms with Crippen LogP contribution < -0.4 is 5.32 Å². The lowest BCUT2D eigenvalue weighted by Crippen LogP contribution is -2.42. The Labute approximate surface area is 105 Å². The highest BCUT2D eigenvalue weighted by molar-refractivity contribution is 5.48. The third-order valence-electron chi connectivity index (χ3n) is 4.09. The second-order valence-corrected chi connectivity index (χ2v) is 5.49. The van der Waals surface area contributed by atoms with Crippen molar-refractivity contribution in [2.24, 2.45) is 0 Å². The number of nitrogens with zero attached hydrogens (tertiary/aromatic N) is 1. The van der Waals surface area contributed by atoms with E-state index in [1.165, 1.54) is 36.2 Å². The summed E-state index contributed by atoms with van der Waals surface area (Å²) in [6.45, 7) is 7.85. The molecule has 2 heteroatoms. The maximum atomic E-state index is 3.67. The van der Waals surface area contributed by atoms with Crippen LogP contribution in [0.4, 0.5) is 5.69 Å². The van der Waals surface area contributed by atoms with Gasteiger partial charge in [0.1, 0.15) is 0 Å². The number of nitrogens with one attached hydrogen (secondary N) is 1. The fraction of sp³-hybridized carbons (Fsp3) is 0.600. The van der Waals surface area contributed by atoms with Crippen molar-refractivity contribution in [1.82, 2.24) is 4.90 Å². The predicted octanol–water partition coefficient (Wildman–Crippen LogP) is 3.20. The first-order valence-corrected chi connectivity index (χ1v) is 6.60. The zero-order valence-electron chi connectivity index (χ0n) is 11.5. The van der Waals surface area contributed by atoms with Crippen molar-refractivity contribution in [3.8, 4) is 0 Å². The highest BCUT2D eigenvalue weighted by Gasteiger charge is 2.22. The maximum Gasteiger partial charge on any atom is 0.0345 e. The number of benzene rings is 1. The van der Waals surface area contributed by atoms with E-state index in [0.29, 0.717) is 12.1 Å². The Morgan fingerprint density at radius 1 is 1.24 bits per heavy atom. The van der Waals surface area contributed by atoms with Gasteiger partial charge >= 0.3 is 0 Å². The Bertz CT molecular complexity index is 387. The quantitative estimate of drug-likeness (QED) is 0.842. The van der Waals surface area contributed by atoms with Crippen molar-refractivity contribution < 1.29 is 0 Å². The van der Waals surface area contributed by atoms with Crippen molar-refractivity contribution in [3.05, 3.63) is 29.3 Å². The summed E-state index contributed by atoms with van der Waals surface area (Å²) in [6.07, 6.45) is 2.48. The van der Waals surface area contributed by atoms with E-state index in [2.05, 4.69) is 56.2 Å². The number of anilines is 1. The summed E-state index contributed by atoms with van der Waals surface area (Å²) in [5, 5.41) is 3.67. The molecule has 94 valence electrons. The highest BCUT2D eigenvalue weighted by atomic mass is 15.1. The Morgan fingerprint density at radius 3 is 2.65 bits per heavy atom. The summed E-state index contributed by atoms with van der Waals surface area (Å²) in [5.74, 6) is 0. The van der Waals surface area contributed by atoms with E-state index < -0.39 is 0 Å². The molecular weight excluding hydrogens is 208 g/mol. The SMILES string of the molecule is Cc1ccc(NC2CCN(C)C(C)C2)cc1C. The van der Waals surface area contributed by atoms with Crippen molar-refractivity contribution in [2.75, 3.05) is 18.9 Å². The molecule has 0 aromatic heterocycles. The zero-order chi connectivity index (χ0) is 12.4. The molecule has 0 amide bonds. The van der Waals surface area contributed by atoms with Crippen LogP contribution in [0, 0.1) is 13.8 Å². The first-order chi connectivity index (χ1) is 8.06. The van der Waals surface area contributed by atoms with E-state index in [1.54, 1.807) is 0 Å². The minimum absolute atomic E-state index is 0.628. The smallest absolute Gasteiger partial charge is 0.0345 e. The van der Waals surface area contributed by atoms with Crippen LogP contribution in [0.5, 0.6) is 0 Å². The second kappa shape index (κ2) is 5.09. The number of aryl methyl sites for hydroxylation is 2. The number of piperidine rings is 1. The normalized spacial score (nSPS) is 25.9. The van der Waals surface area contributed by atoms with Gasteiger partial charge in [0.05, 0.1) is 0 Å². The Kier molecular flexibility index (Phi) is 3.72. The van der Waals surface area contributed by atoms with Gasteiger partial charge in [-0.3, -0.25) is 0 Å². The first kappa shape index (κ1) is 12.4. The van der Waals surface area contributed by atoms with Gasteiger partial charge in [-0.2, -0.15) is 0 Å². The molecule has 1 saturated heterocycles. The van der Waals surface area contributed by atoms with Gasteiger partial charge in [-0.05, 0) is 63.9 Å². The van der Waals surface area contributed by atoms with Crippen molar-refractivity contribution >= 4 is 5.69 Å². The van der Waals surface area contributed by atoms with Crippen LogP contribution in [-0.4, -0.2) is 30.6 Å². The van der Waals surface area contributed by atoms with Gasteiger partial charge < -0.3 is 10.2 Å². The Hall–Kier alpha value is -1.02. The average molecular weight is 232 g/mol. The molecule has 2 rings (SSSR count). The van der Waals surface area contributed by atoms with Gasteiger partial charge in [0, 0.05) is 24.3 Å². The van der Waals surface area contributed by atoms with Crippen LogP contribution in [-0.2, 0) is 0 Å². The molecule has 1 aromatic carbocycles. The van der Waals surface area contributed by atoms with Crippen molar-refractivity contribution in [3.63, 3.8) is 0 Å². The molecule has 1 aliphatic heterocycles. The average Bonchev–Trinajstić information content (AvgIpc) is 2.29. The molecule has 1 aliphatic rings. The van der Waals surface area contributed by atoms with E-state index in [9.17, 15) is 0 Å². The molecule has 2 unspecified atom stereocenters. The monoisotopic (exact) mass is 232 g/mol. The van der Waals surface area contributed by atoms with Crippen molar-refractivity contribution in [2.45, 2.75) is 45.7 Å². The molecular formula is C15H24N2. The van der Waals surface area contributed by atoms with E-state index in [0.717, 1.165) is 0 Å². The Balaban J connectivity index is 1.99. The lowest BCUT2D eigenvalue weighted by molar-refractivity contribution is 0.190. The van der Waals surface area contributed by atoms with E-state index in [1.807, 2.05) is 0 Å². The highest BCUT2D eigenvalue weighted by Crippen LogP contribution is 2.21. The van der Waals surface area contributed by atoms with Crippen molar-refractivity contribution in [1.29, 1.82) is 0 Å². The molecule has 1 N–H and O–H groups in total. The topological polar surface area (TPSA) is 15.3 Å². The molecule has 0 saturated carbocycles. The number of hydrogen-bond acceptors (Lipinski definition) is 2. The lowest BCUT2D eigenvalue weighted by Gasteiger charge is -2.35. The molecule has 0 bridgehead atoms. The lowest BCUT2D eigenvalue weighted by atomic mass is 9.98. The fourth-order valence-electron chi connectivity index (χ4n) is 2.49. The van der Waals surface area contributed by atoms with Crippen LogP contribution in [0.3, 0.4) is 0 Å². The summed E-state index contributed by atoms with van der Waals surface area (Å²) in [7, 11) is 2.22. The predicted molar refractivity (Wildman–Crippen MR) is 74.7 cm³/mol. The molecule has 0 spiro atoms. The fourth-order valence-corrected chi connectivity index (χ4v) is 2.49. The largest absolute Gasteiger partial charge is 0.382 e. The van der Waals surface area contributed by atoms with E-state index >= 15 is 0 Å². The minimum Gasteiger partial charge on any atom is -0.382 e. The summed E-state index contributed by atoms with van der Waals surface area (Å²) >= 11 is 0. The second-order valence-electron chi connectivity index (χ2n) is 5.49. The van der Waals surface area contributed by atoms with Gasteiger partial charge in [0.2, 0.25) is 0 Å². The van der Waals surface area contributed by atoms with Crippen LogP contribution in [0.25, 0.3) is 0 Å². The standard InChI is InChI=1S/C15H24N2/c1-11-5-6-14(9-12(11)2)16-15-7-8-17(4)13(3)10-15/h5-6,9,13,15-16H,7-8,10H2,1-4H3. The summed E-state index contributed by atoms with van der Waals surface area (Å²) in [5.41, 5.74) is 4.01. The number of likely N-dealkylation sites (tertiary alicyclic amines) is 1. The first-order valence-electron chi connectivity index (χ1n) is 6.60. The Morgan fingerprint density at radius 2 is 2.00 bits per heavy atom. The summed E-state index contributed by atoms with van der Waals surface area (Å²) in [4.78, 5) is 2.44. The summed E-state index contributed by atoms with van der Waals surface area (Å²) in [6, 6.07) is 7.98. The molecule has 0 aliphatic carbocycles. The maximum absolute atomic E-state index is 3.67. The third kappa shape index (κ3) is 3.01. The summed E-state index contributed by atoms with van der Waals surface area (Å²) < 4.78 is 0.